The van der Waals surface area contributed by atoms with Crippen LogP contribution in [0.2, 0.25) is 0 Å². The van der Waals surface area contributed by atoms with Crippen molar-refractivity contribution in [2.75, 3.05) is 16.8 Å². The monoisotopic (exact) mass is 348 g/mol. The van der Waals surface area contributed by atoms with E-state index in [2.05, 4.69) is 10.6 Å². The van der Waals surface area contributed by atoms with Crippen molar-refractivity contribution < 1.29 is 17.6 Å². The number of anilines is 2. The number of rotatable bonds is 4. The average molecular weight is 348 g/mol. The van der Waals surface area contributed by atoms with E-state index in [1.165, 1.54) is 12.1 Å². The Kier molecular flexibility index (Phi) is 4.53. The van der Waals surface area contributed by atoms with Gasteiger partial charge in [-0.15, -0.1) is 0 Å². The summed E-state index contributed by atoms with van der Waals surface area (Å²) in [7, 11) is -3.05. The maximum absolute atomic E-state index is 13.0. The summed E-state index contributed by atoms with van der Waals surface area (Å²) in [6.07, 6.45) is 0.432. The van der Waals surface area contributed by atoms with Crippen LogP contribution in [0.4, 0.5) is 15.8 Å². The average Bonchev–Trinajstić information content (AvgIpc) is 2.89. The largest absolute Gasteiger partial charge is 0.355 e. The zero-order chi connectivity index (χ0) is 17.2. The van der Waals surface area contributed by atoms with E-state index < -0.39 is 9.84 Å². The van der Waals surface area contributed by atoms with Crippen molar-refractivity contribution in [3.8, 4) is 0 Å². The summed E-state index contributed by atoms with van der Waals surface area (Å²) >= 11 is 0. The molecule has 1 saturated heterocycles. The minimum atomic E-state index is -3.05. The zero-order valence-electron chi connectivity index (χ0n) is 12.8. The van der Waals surface area contributed by atoms with E-state index in [0.717, 1.165) is 0 Å². The van der Waals surface area contributed by atoms with Gasteiger partial charge in [0.1, 0.15) is 5.82 Å². The predicted molar refractivity (Wildman–Crippen MR) is 90.6 cm³/mol. The molecule has 5 nitrogen and oxygen atoms in total. The lowest BCUT2D eigenvalue weighted by atomic mass is 10.1. The van der Waals surface area contributed by atoms with Gasteiger partial charge in [0.2, 0.25) is 0 Å². The highest BCUT2D eigenvalue weighted by Crippen LogP contribution is 2.22. The third-order valence-corrected chi connectivity index (χ3v) is 5.63. The van der Waals surface area contributed by atoms with E-state index >= 15 is 0 Å². The topological polar surface area (TPSA) is 75.3 Å². The lowest BCUT2D eigenvalue weighted by molar-refractivity contribution is 0.0942. The van der Waals surface area contributed by atoms with Gasteiger partial charge in [-0.1, -0.05) is 12.1 Å². The molecule has 1 aliphatic heterocycles. The van der Waals surface area contributed by atoms with Gasteiger partial charge in [-0.25, -0.2) is 12.8 Å². The summed E-state index contributed by atoms with van der Waals surface area (Å²) in [4.78, 5) is 12.5. The molecule has 1 amide bonds. The second-order valence-corrected chi connectivity index (χ2v) is 7.98. The Morgan fingerprint density at radius 2 is 1.79 bits per heavy atom. The van der Waals surface area contributed by atoms with Crippen LogP contribution in [0.25, 0.3) is 0 Å². The third kappa shape index (κ3) is 3.91. The van der Waals surface area contributed by atoms with Crippen LogP contribution in [0.5, 0.6) is 0 Å². The highest BCUT2D eigenvalue weighted by molar-refractivity contribution is 7.91. The summed E-state index contributed by atoms with van der Waals surface area (Å²) in [5.41, 5.74) is 1.63. The Bertz CT molecular complexity index is 850. The van der Waals surface area contributed by atoms with Crippen molar-refractivity contribution in [2.45, 2.75) is 12.5 Å². The van der Waals surface area contributed by atoms with Gasteiger partial charge >= 0.3 is 0 Å². The van der Waals surface area contributed by atoms with Gasteiger partial charge in [-0.3, -0.25) is 4.79 Å². The normalized spacial score (nSPS) is 19.0. The first-order valence-corrected chi connectivity index (χ1v) is 9.38. The van der Waals surface area contributed by atoms with Gasteiger partial charge in [0.15, 0.2) is 9.84 Å². The smallest absolute Gasteiger partial charge is 0.253 e. The number of benzene rings is 2. The van der Waals surface area contributed by atoms with Crippen LogP contribution in [0.3, 0.4) is 0 Å². The second-order valence-electron chi connectivity index (χ2n) is 5.75. The molecule has 1 heterocycles. The summed E-state index contributed by atoms with van der Waals surface area (Å²) in [6, 6.07) is 12.4. The minimum absolute atomic E-state index is 0.0215. The highest BCUT2D eigenvalue weighted by Gasteiger charge is 2.29. The van der Waals surface area contributed by atoms with Gasteiger partial charge < -0.3 is 10.6 Å². The summed E-state index contributed by atoms with van der Waals surface area (Å²) in [5.74, 6) is -0.587. The van der Waals surface area contributed by atoms with Crippen LogP contribution >= 0.6 is 0 Å². The van der Waals surface area contributed by atoms with Gasteiger partial charge in [-0.05, 0) is 42.8 Å². The fourth-order valence-electron chi connectivity index (χ4n) is 2.65. The van der Waals surface area contributed by atoms with Gasteiger partial charge in [0.25, 0.3) is 5.91 Å². The van der Waals surface area contributed by atoms with Crippen molar-refractivity contribution in [3.05, 3.63) is 59.9 Å². The number of hydrogen-bond acceptors (Lipinski definition) is 4. The van der Waals surface area contributed by atoms with Crippen molar-refractivity contribution in [1.29, 1.82) is 0 Å². The van der Waals surface area contributed by atoms with Crippen LogP contribution in [0.1, 0.15) is 16.8 Å². The number of carbonyl (C=O) groups is 1. The van der Waals surface area contributed by atoms with Crippen LogP contribution < -0.4 is 10.6 Å². The number of halogens is 1. The van der Waals surface area contributed by atoms with Crippen molar-refractivity contribution in [3.63, 3.8) is 0 Å². The Balaban J connectivity index is 1.76. The van der Waals surface area contributed by atoms with Gasteiger partial charge in [0.05, 0.1) is 22.8 Å². The number of amides is 1. The molecule has 7 heteroatoms. The van der Waals surface area contributed by atoms with Crippen molar-refractivity contribution in [2.24, 2.45) is 0 Å². The van der Waals surface area contributed by atoms with Crippen molar-refractivity contribution in [1.82, 2.24) is 5.32 Å². The molecule has 2 N–H and O–H groups in total. The first-order valence-electron chi connectivity index (χ1n) is 7.56. The SMILES string of the molecule is O=C(N[C@@H]1CCS(=O)(=O)C1)c1ccccc1Nc1ccc(F)cc1. The van der Waals surface area contributed by atoms with E-state index in [9.17, 15) is 17.6 Å². The van der Waals surface area contributed by atoms with E-state index in [-0.39, 0.29) is 29.3 Å². The van der Waals surface area contributed by atoms with E-state index in [1.807, 2.05) is 0 Å². The first kappa shape index (κ1) is 16.4. The maximum Gasteiger partial charge on any atom is 0.253 e. The summed E-state index contributed by atoms with van der Waals surface area (Å²) < 4.78 is 36.0. The molecule has 0 aromatic heterocycles. The Labute approximate surface area is 139 Å². The van der Waals surface area contributed by atoms with E-state index in [0.29, 0.717) is 23.4 Å². The molecule has 1 aliphatic rings. The number of carbonyl (C=O) groups excluding carboxylic acids is 1. The van der Waals surface area contributed by atoms with Crippen LogP contribution in [-0.4, -0.2) is 31.9 Å². The maximum atomic E-state index is 13.0. The fraction of sp³-hybridized carbons (Fsp3) is 0.235. The third-order valence-electron chi connectivity index (χ3n) is 3.86. The molecule has 0 aliphatic carbocycles. The Morgan fingerprint density at radius 3 is 2.46 bits per heavy atom. The fourth-order valence-corrected chi connectivity index (χ4v) is 4.32. The number of sulfone groups is 1. The van der Waals surface area contributed by atoms with Crippen LogP contribution in [-0.2, 0) is 9.84 Å². The number of hydrogen-bond donors (Lipinski definition) is 2. The zero-order valence-corrected chi connectivity index (χ0v) is 13.6. The Morgan fingerprint density at radius 1 is 1.08 bits per heavy atom. The molecule has 2 aromatic carbocycles. The highest BCUT2D eigenvalue weighted by atomic mass is 32.2. The predicted octanol–water partition coefficient (Wildman–Crippen LogP) is 2.49. The lowest BCUT2D eigenvalue weighted by Crippen LogP contribution is -2.35. The molecule has 0 spiro atoms. The molecule has 2 aromatic rings. The molecule has 1 atom stereocenters. The first-order chi connectivity index (χ1) is 11.4. The molecule has 0 saturated carbocycles. The molecular weight excluding hydrogens is 331 g/mol. The quantitative estimate of drug-likeness (QED) is 0.890. The van der Waals surface area contributed by atoms with Crippen molar-refractivity contribution >= 4 is 27.1 Å². The molecule has 3 rings (SSSR count). The molecule has 1 fully saturated rings. The molecule has 24 heavy (non-hydrogen) atoms. The van der Waals surface area contributed by atoms with Gasteiger partial charge in [-0.2, -0.15) is 0 Å². The second kappa shape index (κ2) is 6.60. The summed E-state index contributed by atoms with van der Waals surface area (Å²) in [6.45, 7) is 0. The standard InChI is InChI=1S/C17H17FN2O3S/c18-12-5-7-13(8-6-12)19-16-4-2-1-3-15(16)17(21)20-14-9-10-24(22,23)11-14/h1-8,14,19H,9-11H2,(H,20,21)/t14-/m1/s1. The van der Waals surface area contributed by atoms with E-state index in [4.69, 9.17) is 0 Å². The Hall–Kier alpha value is -2.41. The molecular formula is C17H17FN2O3S. The molecule has 0 radical (unpaired) electrons. The lowest BCUT2D eigenvalue weighted by Gasteiger charge is -2.15. The number of para-hydroxylation sites is 1. The molecule has 126 valence electrons. The minimum Gasteiger partial charge on any atom is -0.355 e. The molecule has 0 unspecified atom stereocenters. The summed E-state index contributed by atoms with van der Waals surface area (Å²) in [5, 5.41) is 5.84. The van der Waals surface area contributed by atoms with Crippen LogP contribution in [0.15, 0.2) is 48.5 Å². The number of nitrogens with one attached hydrogen (secondary N) is 2. The van der Waals surface area contributed by atoms with E-state index in [1.54, 1.807) is 36.4 Å². The van der Waals surface area contributed by atoms with Gasteiger partial charge in [0, 0.05) is 11.7 Å². The van der Waals surface area contributed by atoms with Crippen LogP contribution in [0, 0.1) is 5.82 Å². The molecule has 0 bridgehead atoms.